The van der Waals surface area contributed by atoms with E-state index in [1.807, 2.05) is 18.7 Å². The van der Waals surface area contributed by atoms with Gasteiger partial charge >= 0.3 is 5.97 Å². The predicted molar refractivity (Wildman–Crippen MR) is 82.6 cm³/mol. The molecular formula is C14H17BrN2O4. The molecule has 1 aliphatic rings. The molecule has 21 heavy (non-hydrogen) atoms. The minimum atomic E-state index is -0.870. The van der Waals surface area contributed by atoms with Crippen LogP contribution in [0.5, 0.6) is 0 Å². The summed E-state index contributed by atoms with van der Waals surface area (Å²) in [6, 6.07) is 3.78. The maximum atomic E-state index is 11.7. The number of nitrogens with zero attached hydrogens (tertiary/aromatic N) is 2. The van der Waals surface area contributed by atoms with Crippen molar-refractivity contribution in [1.82, 2.24) is 0 Å². The van der Waals surface area contributed by atoms with E-state index in [-0.39, 0.29) is 11.1 Å². The van der Waals surface area contributed by atoms with Gasteiger partial charge in [0.1, 0.15) is 6.04 Å². The van der Waals surface area contributed by atoms with E-state index in [0.29, 0.717) is 16.7 Å². The Labute approximate surface area is 131 Å². The molecule has 114 valence electrons. The lowest BCUT2D eigenvalue weighted by Crippen LogP contribution is -2.54. The molecule has 1 aromatic carbocycles. The number of halogens is 1. The number of aliphatic carboxylic acids is 1. The maximum absolute atomic E-state index is 11.7. The first kappa shape index (κ1) is 15.8. The van der Waals surface area contributed by atoms with Crippen LogP contribution in [-0.2, 0) is 4.79 Å². The topological polar surface area (TPSA) is 83.7 Å². The highest BCUT2D eigenvalue weighted by atomic mass is 79.9. The molecule has 1 fully saturated rings. The molecule has 1 saturated heterocycles. The fourth-order valence-electron chi connectivity index (χ4n) is 2.96. The number of carbonyl (C=O) groups is 1. The van der Waals surface area contributed by atoms with E-state index in [1.165, 1.54) is 12.1 Å². The van der Waals surface area contributed by atoms with Gasteiger partial charge < -0.3 is 10.0 Å². The average Bonchev–Trinajstić information content (AvgIpc) is 2.36. The number of hydrogen-bond donors (Lipinski definition) is 1. The standard InChI is InChI=1S/C14H17BrN2O4/c1-14(2)6-3-7-16(12(14)13(18)19)11-5-4-9(17(20)21)8-10(11)15/h4-5,8,12H,3,6-7H2,1-2H3,(H,18,19). The van der Waals surface area contributed by atoms with Gasteiger partial charge in [0.05, 0.1) is 10.6 Å². The van der Waals surface area contributed by atoms with Gasteiger partial charge in [-0.25, -0.2) is 4.79 Å². The van der Waals surface area contributed by atoms with Crippen LogP contribution in [0.15, 0.2) is 22.7 Å². The molecule has 1 N–H and O–H groups in total. The van der Waals surface area contributed by atoms with E-state index in [1.54, 1.807) is 6.07 Å². The highest BCUT2D eigenvalue weighted by Crippen LogP contribution is 2.40. The Morgan fingerprint density at radius 3 is 2.71 bits per heavy atom. The van der Waals surface area contributed by atoms with E-state index < -0.39 is 16.9 Å². The first-order valence-electron chi connectivity index (χ1n) is 6.67. The van der Waals surface area contributed by atoms with Crippen molar-refractivity contribution in [2.45, 2.75) is 32.7 Å². The summed E-state index contributed by atoms with van der Waals surface area (Å²) in [6.45, 7) is 4.51. The molecule has 7 heteroatoms. The number of benzene rings is 1. The van der Waals surface area contributed by atoms with Crippen LogP contribution < -0.4 is 4.90 Å². The van der Waals surface area contributed by atoms with Gasteiger partial charge in [-0.1, -0.05) is 13.8 Å². The van der Waals surface area contributed by atoms with Gasteiger partial charge in [-0.3, -0.25) is 10.1 Å². The summed E-state index contributed by atoms with van der Waals surface area (Å²) in [5.74, 6) is -0.870. The Kier molecular flexibility index (Phi) is 4.22. The molecule has 1 aromatic rings. The second-order valence-corrected chi connectivity index (χ2v) is 6.77. The van der Waals surface area contributed by atoms with Crippen molar-refractivity contribution in [2.75, 3.05) is 11.4 Å². The van der Waals surface area contributed by atoms with Crippen molar-refractivity contribution in [1.29, 1.82) is 0 Å². The van der Waals surface area contributed by atoms with Crippen LogP contribution in [0.1, 0.15) is 26.7 Å². The summed E-state index contributed by atoms with van der Waals surface area (Å²) in [5.41, 5.74) is 0.306. The van der Waals surface area contributed by atoms with Gasteiger partial charge in [0.2, 0.25) is 0 Å². The molecule has 1 heterocycles. The molecule has 0 amide bonds. The third-order valence-electron chi connectivity index (χ3n) is 3.96. The number of rotatable bonds is 3. The minimum Gasteiger partial charge on any atom is -0.480 e. The molecular weight excluding hydrogens is 340 g/mol. The molecule has 0 spiro atoms. The van der Waals surface area contributed by atoms with E-state index in [2.05, 4.69) is 15.9 Å². The van der Waals surface area contributed by atoms with E-state index >= 15 is 0 Å². The third kappa shape index (κ3) is 3.02. The lowest BCUT2D eigenvalue weighted by molar-refractivity contribution is -0.384. The van der Waals surface area contributed by atoms with Crippen molar-refractivity contribution in [2.24, 2.45) is 5.41 Å². The Morgan fingerprint density at radius 1 is 1.52 bits per heavy atom. The highest BCUT2D eigenvalue weighted by molar-refractivity contribution is 9.10. The monoisotopic (exact) mass is 356 g/mol. The van der Waals surface area contributed by atoms with E-state index in [4.69, 9.17) is 0 Å². The molecule has 1 unspecified atom stereocenters. The number of carboxylic acid groups (broad SMARTS) is 1. The quantitative estimate of drug-likeness (QED) is 0.662. The number of anilines is 1. The highest BCUT2D eigenvalue weighted by Gasteiger charge is 2.43. The summed E-state index contributed by atoms with van der Waals surface area (Å²) >= 11 is 3.33. The Balaban J connectivity index is 2.44. The summed E-state index contributed by atoms with van der Waals surface area (Å²) < 4.78 is 0.542. The Morgan fingerprint density at radius 2 is 2.19 bits per heavy atom. The SMILES string of the molecule is CC1(C)CCCN(c2ccc([N+](=O)[O-])cc2Br)C1C(=O)O. The molecule has 6 nitrogen and oxygen atoms in total. The number of nitro groups is 1. The lowest BCUT2D eigenvalue weighted by atomic mass is 9.76. The van der Waals surface area contributed by atoms with Crippen LogP contribution in [0.3, 0.4) is 0 Å². The van der Waals surface area contributed by atoms with Crippen LogP contribution in [0.2, 0.25) is 0 Å². The Bertz CT molecular complexity index is 588. The smallest absolute Gasteiger partial charge is 0.326 e. The molecule has 0 aliphatic carbocycles. The number of piperidine rings is 1. The second-order valence-electron chi connectivity index (χ2n) is 5.92. The van der Waals surface area contributed by atoms with Crippen molar-refractivity contribution >= 4 is 33.3 Å². The van der Waals surface area contributed by atoms with Gasteiger partial charge in [0.25, 0.3) is 5.69 Å². The summed E-state index contributed by atoms with van der Waals surface area (Å²) in [4.78, 5) is 23.8. The number of non-ortho nitro benzene ring substituents is 1. The molecule has 0 bridgehead atoms. The normalized spacial score (nSPS) is 21.1. The molecule has 0 radical (unpaired) electrons. The summed E-state index contributed by atoms with van der Waals surface area (Å²) in [7, 11) is 0. The first-order valence-corrected chi connectivity index (χ1v) is 7.47. The van der Waals surface area contributed by atoms with Crippen LogP contribution >= 0.6 is 15.9 Å². The molecule has 2 rings (SSSR count). The van der Waals surface area contributed by atoms with Crippen molar-refractivity contribution < 1.29 is 14.8 Å². The third-order valence-corrected chi connectivity index (χ3v) is 4.59. The molecule has 0 saturated carbocycles. The van der Waals surface area contributed by atoms with E-state index in [9.17, 15) is 20.0 Å². The van der Waals surface area contributed by atoms with Crippen LogP contribution in [0.25, 0.3) is 0 Å². The van der Waals surface area contributed by atoms with Crippen LogP contribution in [0.4, 0.5) is 11.4 Å². The molecule has 1 aliphatic heterocycles. The zero-order valence-electron chi connectivity index (χ0n) is 11.9. The van der Waals surface area contributed by atoms with Crippen LogP contribution in [0, 0.1) is 15.5 Å². The average molecular weight is 357 g/mol. The zero-order valence-corrected chi connectivity index (χ0v) is 13.5. The van der Waals surface area contributed by atoms with E-state index in [0.717, 1.165) is 12.8 Å². The van der Waals surface area contributed by atoms with Gasteiger partial charge in [-0.15, -0.1) is 0 Å². The fraction of sp³-hybridized carbons (Fsp3) is 0.500. The minimum absolute atomic E-state index is 0.0197. The second kappa shape index (κ2) is 5.63. The van der Waals surface area contributed by atoms with Crippen molar-refractivity contribution in [3.8, 4) is 0 Å². The van der Waals surface area contributed by atoms with Gasteiger partial charge in [-0.05, 0) is 40.3 Å². The van der Waals surface area contributed by atoms with Crippen LogP contribution in [-0.4, -0.2) is 28.6 Å². The summed E-state index contributed by atoms with van der Waals surface area (Å²) in [5, 5.41) is 20.4. The first-order chi connectivity index (χ1) is 9.74. The number of carboxylic acids is 1. The maximum Gasteiger partial charge on any atom is 0.326 e. The largest absolute Gasteiger partial charge is 0.480 e. The predicted octanol–water partition coefficient (Wildman–Crippen LogP) is 3.44. The fourth-order valence-corrected chi connectivity index (χ4v) is 3.56. The summed E-state index contributed by atoms with van der Waals surface area (Å²) in [6.07, 6.45) is 1.73. The number of nitro benzene ring substituents is 1. The van der Waals surface area contributed by atoms with Gasteiger partial charge in [0, 0.05) is 23.2 Å². The van der Waals surface area contributed by atoms with Gasteiger partial charge in [-0.2, -0.15) is 0 Å². The van der Waals surface area contributed by atoms with Crippen molar-refractivity contribution in [3.05, 3.63) is 32.8 Å². The van der Waals surface area contributed by atoms with Gasteiger partial charge in [0.15, 0.2) is 0 Å². The van der Waals surface area contributed by atoms with Crippen molar-refractivity contribution in [3.63, 3.8) is 0 Å². The zero-order chi connectivity index (χ0) is 15.8. The Hall–Kier alpha value is -1.63. The molecule has 1 atom stereocenters. The molecule has 0 aromatic heterocycles. The lowest BCUT2D eigenvalue weighted by Gasteiger charge is -2.45. The number of hydrogen-bond acceptors (Lipinski definition) is 4.